The van der Waals surface area contributed by atoms with Crippen molar-refractivity contribution >= 4 is 11.9 Å². The van der Waals surface area contributed by atoms with Gasteiger partial charge >= 0.3 is 6.03 Å². The van der Waals surface area contributed by atoms with Gasteiger partial charge in [0, 0.05) is 27.1 Å². The van der Waals surface area contributed by atoms with Crippen LogP contribution in [0.1, 0.15) is 19.3 Å². The van der Waals surface area contributed by atoms with Gasteiger partial charge in [-0.3, -0.25) is 4.79 Å². The van der Waals surface area contributed by atoms with Crippen molar-refractivity contribution in [1.29, 1.82) is 0 Å². The van der Waals surface area contributed by atoms with Gasteiger partial charge in [0.1, 0.15) is 0 Å². The topological polar surface area (TPSA) is 52.7 Å². The first-order valence-corrected chi connectivity index (χ1v) is 5.37. The number of carbonyl (C=O) groups is 2. The van der Waals surface area contributed by atoms with Crippen LogP contribution in [0.2, 0.25) is 0 Å². The lowest BCUT2D eigenvalue weighted by molar-refractivity contribution is -0.123. The number of hydrogen-bond acceptors (Lipinski definition) is 2. The third-order valence-corrected chi connectivity index (χ3v) is 3.19. The van der Waals surface area contributed by atoms with E-state index in [2.05, 4.69) is 5.32 Å². The molecule has 2 saturated heterocycles. The highest BCUT2D eigenvalue weighted by Crippen LogP contribution is 2.26. The van der Waals surface area contributed by atoms with Crippen LogP contribution in [0.3, 0.4) is 0 Å². The zero-order valence-electron chi connectivity index (χ0n) is 9.19. The second-order valence-corrected chi connectivity index (χ2v) is 4.44. The molecule has 0 radical (unpaired) electrons. The Morgan fingerprint density at radius 1 is 1.47 bits per heavy atom. The summed E-state index contributed by atoms with van der Waals surface area (Å²) in [5.41, 5.74) is 0. The van der Waals surface area contributed by atoms with Crippen LogP contribution in [0.5, 0.6) is 0 Å². The van der Waals surface area contributed by atoms with Crippen molar-refractivity contribution in [3.05, 3.63) is 0 Å². The van der Waals surface area contributed by atoms with Crippen molar-refractivity contribution < 1.29 is 9.59 Å². The van der Waals surface area contributed by atoms with Crippen LogP contribution in [-0.2, 0) is 4.79 Å². The average molecular weight is 211 g/mol. The summed E-state index contributed by atoms with van der Waals surface area (Å²) in [6.45, 7) is 0.757. The number of hydrogen-bond donors (Lipinski definition) is 1. The summed E-state index contributed by atoms with van der Waals surface area (Å²) in [7, 11) is 3.52. The van der Waals surface area contributed by atoms with Crippen LogP contribution < -0.4 is 5.32 Å². The smallest absolute Gasteiger partial charge is 0.319 e. The Morgan fingerprint density at radius 2 is 2.20 bits per heavy atom. The number of carbonyl (C=O) groups excluding carboxylic acids is 2. The predicted molar refractivity (Wildman–Crippen MR) is 55.4 cm³/mol. The van der Waals surface area contributed by atoms with Crippen molar-refractivity contribution in [2.24, 2.45) is 0 Å². The van der Waals surface area contributed by atoms with E-state index in [1.807, 2.05) is 4.90 Å². The number of rotatable bonds is 0. The molecule has 2 atom stereocenters. The van der Waals surface area contributed by atoms with Crippen molar-refractivity contribution in [3.8, 4) is 0 Å². The molecule has 0 aromatic rings. The lowest BCUT2D eigenvalue weighted by atomic mass is 9.99. The Bertz CT molecular complexity index is 290. The Hall–Kier alpha value is -1.26. The third kappa shape index (κ3) is 1.78. The summed E-state index contributed by atoms with van der Waals surface area (Å²) >= 11 is 0. The SMILES string of the molecule is CN(C)C(=O)N1CC[C@@H]2NC(=O)CC[C@H]21. The Morgan fingerprint density at radius 3 is 2.87 bits per heavy atom. The zero-order chi connectivity index (χ0) is 11.0. The highest BCUT2D eigenvalue weighted by molar-refractivity contribution is 5.79. The van der Waals surface area contributed by atoms with Crippen LogP contribution in [-0.4, -0.2) is 54.5 Å². The molecule has 0 bridgehead atoms. The molecule has 5 nitrogen and oxygen atoms in total. The maximum absolute atomic E-state index is 11.8. The Balaban J connectivity index is 2.06. The second-order valence-electron chi connectivity index (χ2n) is 4.44. The maximum atomic E-state index is 11.8. The molecule has 1 N–H and O–H groups in total. The van der Waals surface area contributed by atoms with Gasteiger partial charge in [-0.1, -0.05) is 0 Å². The van der Waals surface area contributed by atoms with E-state index in [9.17, 15) is 9.59 Å². The maximum Gasteiger partial charge on any atom is 0.319 e. The summed E-state index contributed by atoms with van der Waals surface area (Å²) in [5, 5.41) is 2.95. The van der Waals surface area contributed by atoms with Gasteiger partial charge in [-0.25, -0.2) is 4.79 Å². The number of nitrogens with one attached hydrogen (secondary N) is 1. The van der Waals surface area contributed by atoms with Gasteiger partial charge in [-0.15, -0.1) is 0 Å². The molecule has 0 aliphatic carbocycles. The van der Waals surface area contributed by atoms with Gasteiger partial charge in [-0.05, 0) is 12.8 Å². The van der Waals surface area contributed by atoms with Crippen molar-refractivity contribution in [2.45, 2.75) is 31.3 Å². The first-order valence-electron chi connectivity index (χ1n) is 5.37. The quantitative estimate of drug-likeness (QED) is 0.614. The summed E-state index contributed by atoms with van der Waals surface area (Å²) in [6, 6.07) is 0.436. The molecule has 5 heteroatoms. The number of fused-ring (bicyclic) bond motifs is 1. The number of urea groups is 1. The van der Waals surface area contributed by atoms with Gasteiger partial charge in [-0.2, -0.15) is 0 Å². The second kappa shape index (κ2) is 3.72. The minimum atomic E-state index is 0.0543. The van der Waals surface area contributed by atoms with E-state index in [4.69, 9.17) is 0 Å². The summed E-state index contributed by atoms with van der Waals surface area (Å²) in [4.78, 5) is 26.5. The summed E-state index contributed by atoms with van der Waals surface area (Å²) in [6.07, 6.45) is 2.23. The van der Waals surface area contributed by atoms with Crippen LogP contribution in [0.15, 0.2) is 0 Å². The van der Waals surface area contributed by atoms with E-state index in [1.54, 1.807) is 19.0 Å². The minimum Gasteiger partial charge on any atom is -0.351 e. The zero-order valence-corrected chi connectivity index (χ0v) is 9.19. The van der Waals surface area contributed by atoms with E-state index in [1.165, 1.54) is 0 Å². The van der Waals surface area contributed by atoms with Gasteiger partial charge < -0.3 is 15.1 Å². The van der Waals surface area contributed by atoms with Gasteiger partial charge in [0.05, 0.1) is 12.1 Å². The first-order chi connectivity index (χ1) is 7.09. The van der Waals surface area contributed by atoms with Crippen LogP contribution in [0, 0.1) is 0 Å². The predicted octanol–water partition coefficient (Wildman–Crippen LogP) is 0.0209. The molecule has 2 fully saturated rings. The normalized spacial score (nSPS) is 29.7. The van der Waals surface area contributed by atoms with E-state index < -0.39 is 0 Å². The van der Waals surface area contributed by atoms with Gasteiger partial charge in [0.25, 0.3) is 0 Å². The molecule has 3 amide bonds. The van der Waals surface area contributed by atoms with E-state index in [-0.39, 0.29) is 24.0 Å². The Labute approximate surface area is 89.4 Å². The van der Waals surface area contributed by atoms with E-state index >= 15 is 0 Å². The highest BCUT2D eigenvalue weighted by Gasteiger charge is 2.40. The van der Waals surface area contributed by atoms with Crippen molar-refractivity contribution in [3.63, 3.8) is 0 Å². The molecule has 0 saturated carbocycles. The van der Waals surface area contributed by atoms with E-state index in [0.29, 0.717) is 6.42 Å². The first kappa shape index (κ1) is 10.3. The molecule has 0 unspecified atom stereocenters. The van der Waals surface area contributed by atoms with Gasteiger partial charge in [0.2, 0.25) is 5.91 Å². The molecule has 2 aliphatic heterocycles. The van der Waals surface area contributed by atoms with Crippen LogP contribution in [0.4, 0.5) is 4.79 Å². The van der Waals surface area contributed by atoms with Crippen LogP contribution in [0.25, 0.3) is 0 Å². The fourth-order valence-electron chi connectivity index (χ4n) is 2.43. The lowest BCUT2D eigenvalue weighted by Crippen LogP contribution is -2.52. The molecule has 2 rings (SSSR count). The molecular weight excluding hydrogens is 194 g/mol. The van der Waals surface area contributed by atoms with Crippen LogP contribution >= 0.6 is 0 Å². The Kier molecular flexibility index (Phi) is 2.54. The fourth-order valence-corrected chi connectivity index (χ4v) is 2.43. The molecule has 0 aromatic carbocycles. The van der Waals surface area contributed by atoms with Crippen molar-refractivity contribution in [2.75, 3.05) is 20.6 Å². The number of piperidine rings is 1. The lowest BCUT2D eigenvalue weighted by Gasteiger charge is -2.33. The molecule has 2 aliphatic rings. The largest absolute Gasteiger partial charge is 0.351 e. The fraction of sp³-hybridized carbons (Fsp3) is 0.800. The number of nitrogens with zero attached hydrogens (tertiary/aromatic N) is 2. The molecule has 15 heavy (non-hydrogen) atoms. The third-order valence-electron chi connectivity index (χ3n) is 3.19. The molecule has 0 aromatic heterocycles. The van der Waals surface area contributed by atoms with E-state index in [0.717, 1.165) is 19.4 Å². The number of likely N-dealkylation sites (tertiary alicyclic amines) is 1. The highest BCUT2D eigenvalue weighted by atomic mass is 16.2. The summed E-state index contributed by atoms with van der Waals surface area (Å²) < 4.78 is 0. The average Bonchev–Trinajstić information content (AvgIpc) is 2.59. The number of amides is 3. The molecule has 2 heterocycles. The molecule has 84 valence electrons. The minimum absolute atomic E-state index is 0.0543. The molecule has 0 spiro atoms. The monoisotopic (exact) mass is 211 g/mol. The standard InChI is InChI=1S/C10H17N3O2/c1-12(2)10(15)13-6-5-7-8(13)3-4-9(14)11-7/h7-8H,3-6H2,1-2H3,(H,11,14)/t7-,8+/m0/s1. The van der Waals surface area contributed by atoms with Gasteiger partial charge in [0.15, 0.2) is 0 Å². The molecular formula is C10H17N3O2. The summed E-state index contributed by atoms with van der Waals surface area (Å²) in [5.74, 6) is 0.121. The van der Waals surface area contributed by atoms with Crippen molar-refractivity contribution in [1.82, 2.24) is 15.1 Å².